The molecule has 0 aliphatic carbocycles. The summed E-state index contributed by atoms with van der Waals surface area (Å²) in [4.78, 5) is 4.69. The Balaban J connectivity index is 1.75. The third kappa shape index (κ3) is 3.31. The summed E-state index contributed by atoms with van der Waals surface area (Å²) < 4.78 is 1.26. The van der Waals surface area contributed by atoms with Gasteiger partial charge in [-0.3, -0.25) is 0 Å². The number of para-hydroxylation sites is 1. The van der Waals surface area contributed by atoms with E-state index >= 15 is 0 Å². The number of hydrogen-bond donors (Lipinski definition) is 1. The van der Waals surface area contributed by atoms with E-state index in [1.807, 2.05) is 6.07 Å². The van der Waals surface area contributed by atoms with Gasteiger partial charge in [0.15, 0.2) is 0 Å². The van der Waals surface area contributed by atoms with Gasteiger partial charge in [0.2, 0.25) is 0 Å². The molecule has 3 aromatic rings. The van der Waals surface area contributed by atoms with Crippen LogP contribution in [0.4, 0.5) is 0 Å². The Labute approximate surface area is 129 Å². The Hall–Kier alpha value is -1.71. The number of nitrogens with zero attached hydrogens (tertiary/aromatic N) is 1. The summed E-state index contributed by atoms with van der Waals surface area (Å²) in [6.45, 7) is 5.32. The van der Waals surface area contributed by atoms with Gasteiger partial charge in [0.05, 0.1) is 10.2 Å². The first-order valence-corrected chi connectivity index (χ1v) is 8.18. The fourth-order valence-corrected chi connectivity index (χ4v) is 3.51. The molecule has 0 radical (unpaired) electrons. The largest absolute Gasteiger partial charge is 0.303 e. The van der Waals surface area contributed by atoms with E-state index in [0.29, 0.717) is 12.0 Å². The molecule has 2 nitrogen and oxygen atoms in total. The smallest absolute Gasteiger partial charge is 0.108 e. The Morgan fingerprint density at radius 1 is 1.00 bits per heavy atom. The SMILES string of the molecule is CC(C)C(NCc1nc2ccccc2s1)c1ccccc1. The predicted octanol–water partition coefficient (Wildman–Crippen LogP) is 4.78. The molecule has 0 spiro atoms. The molecule has 0 saturated heterocycles. The molecule has 1 unspecified atom stereocenters. The molecular formula is C18H20N2S. The zero-order valence-corrected chi connectivity index (χ0v) is 13.2. The van der Waals surface area contributed by atoms with Crippen LogP contribution >= 0.6 is 11.3 Å². The number of rotatable bonds is 5. The minimum atomic E-state index is 0.359. The van der Waals surface area contributed by atoms with Crippen molar-refractivity contribution in [2.45, 2.75) is 26.4 Å². The van der Waals surface area contributed by atoms with E-state index in [1.165, 1.54) is 10.3 Å². The Morgan fingerprint density at radius 3 is 2.43 bits per heavy atom. The van der Waals surface area contributed by atoms with Crippen LogP contribution < -0.4 is 5.32 Å². The normalized spacial score (nSPS) is 12.9. The second-order valence-corrected chi connectivity index (χ2v) is 6.70. The first-order chi connectivity index (χ1) is 10.2. The molecule has 3 heteroatoms. The molecule has 0 aliphatic heterocycles. The Kier molecular flexibility index (Phi) is 4.32. The van der Waals surface area contributed by atoms with Crippen molar-refractivity contribution in [3.05, 3.63) is 65.2 Å². The van der Waals surface area contributed by atoms with Gasteiger partial charge in [-0.15, -0.1) is 11.3 Å². The third-order valence-corrected chi connectivity index (χ3v) is 4.67. The van der Waals surface area contributed by atoms with E-state index < -0.39 is 0 Å². The standard InChI is InChI=1S/C18H20N2S/c1-13(2)18(14-8-4-3-5-9-14)19-12-17-20-15-10-6-7-11-16(15)21-17/h3-11,13,18-19H,12H2,1-2H3. The highest BCUT2D eigenvalue weighted by Gasteiger charge is 2.15. The second kappa shape index (κ2) is 6.37. The van der Waals surface area contributed by atoms with Crippen molar-refractivity contribution in [2.24, 2.45) is 5.92 Å². The quantitative estimate of drug-likeness (QED) is 0.732. The van der Waals surface area contributed by atoms with Crippen molar-refractivity contribution in [1.29, 1.82) is 0 Å². The van der Waals surface area contributed by atoms with Crippen molar-refractivity contribution in [1.82, 2.24) is 10.3 Å². The molecule has 0 amide bonds. The molecule has 2 aromatic carbocycles. The van der Waals surface area contributed by atoms with Crippen LogP contribution in [0.5, 0.6) is 0 Å². The fourth-order valence-electron chi connectivity index (χ4n) is 2.59. The van der Waals surface area contributed by atoms with Crippen LogP contribution in [0.15, 0.2) is 54.6 Å². The van der Waals surface area contributed by atoms with E-state index in [9.17, 15) is 0 Å². The van der Waals surface area contributed by atoms with Gasteiger partial charge in [-0.05, 0) is 23.6 Å². The summed E-state index contributed by atoms with van der Waals surface area (Å²) >= 11 is 1.77. The lowest BCUT2D eigenvalue weighted by atomic mass is 9.96. The van der Waals surface area contributed by atoms with Crippen LogP contribution in [-0.4, -0.2) is 4.98 Å². The van der Waals surface area contributed by atoms with E-state index in [4.69, 9.17) is 4.98 Å². The molecule has 3 rings (SSSR count). The van der Waals surface area contributed by atoms with Gasteiger partial charge < -0.3 is 5.32 Å². The number of aromatic nitrogens is 1. The van der Waals surface area contributed by atoms with Crippen molar-refractivity contribution in [3.8, 4) is 0 Å². The summed E-state index contributed by atoms with van der Waals surface area (Å²) in [6.07, 6.45) is 0. The summed E-state index contributed by atoms with van der Waals surface area (Å²) in [5.74, 6) is 0.543. The van der Waals surface area contributed by atoms with Gasteiger partial charge in [0.1, 0.15) is 5.01 Å². The molecular weight excluding hydrogens is 276 g/mol. The highest BCUT2D eigenvalue weighted by atomic mass is 32.1. The minimum Gasteiger partial charge on any atom is -0.303 e. The third-order valence-electron chi connectivity index (χ3n) is 3.64. The average molecular weight is 296 g/mol. The lowest BCUT2D eigenvalue weighted by Gasteiger charge is -2.22. The second-order valence-electron chi connectivity index (χ2n) is 5.59. The lowest BCUT2D eigenvalue weighted by molar-refractivity contribution is 0.410. The number of benzene rings is 2. The predicted molar refractivity (Wildman–Crippen MR) is 90.5 cm³/mol. The average Bonchev–Trinajstić information content (AvgIpc) is 2.91. The topological polar surface area (TPSA) is 24.9 Å². The van der Waals surface area contributed by atoms with E-state index in [1.54, 1.807) is 11.3 Å². The van der Waals surface area contributed by atoms with Gasteiger partial charge in [0, 0.05) is 12.6 Å². The monoisotopic (exact) mass is 296 g/mol. The maximum atomic E-state index is 4.69. The van der Waals surface area contributed by atoms with E-state index in [-0.39, 0.29) is 0 Å². The maximum Gasteiger partial charge on any atom is 0.108 e. The summed E-state index contributed by atoms with van der Waals surface area (Å²) in [5.41, 5.74) is 2.44. The molecule has 108 valence electrons. The molecule has 1 atom stereocenters. The van der Waals surface area contributed by atoms with Crippen LogP contribution in [0, 0.1) is 5.92 Å². The van der Waals surface area contributed by atoms with Crippen molar-refractivity contribution < 1.29 is 0 Å². The number of thiazole rings is 1. The summed E-state index contributed by atoms with van der Waals surface area (Å²) in [6, 6.07) is 19.3. The van der Waals surface area contributed by atoms with E-state index in [0.717, 1.165) is 17.1 Å². The molecule has 0 saturated carbocycles. The minimum absolute atomic E-state index is 0.359. The van der Waals surface area contributed by atoms with Gasteiger partial charge >= 0.3 is 0 Å². The van der Waals surface area contributed by atoms with Crippen LogP contribution in [0.3, 0.4) is 0 Å². The van der Waals surface area contributed by atoms with Crippen molar-refractivity contribution in [3.63, 3.8) is 0 Å². The van der Waals surface area contributed by atoms with Crippen LogP contribution in [0.2, 0.25) is 0 Å². The van der Waals surface area contributed by atoms with Gasteiger partial charge in [-0.1, -0.05) is 56.3 Å². The van der Waals surface area contributed by atoms with Crippen LogP contribution in [-0.2, 0) is 6.54 Å². The molecule has 1 heterocycles. The fraction of sp³-hybridized carbons (Fsp3) is 0.278. The first kappa shape index (κ1) is 14.2. The van der Waals surface area contributed by atoms with Crippen LogP contribution in [0.25, 0.3) is 10.2 Å². The van der Waals surface area contributed by atoms with Gasteiger partial charge in [-0.2, -0.15) is 0 Å². The Morgan fingerprint density at radius 2 is 1.71 bits per heavy atom. The summed E-state index contributed by atoms with van der Waals surface area (Å²) in [5, 5.41) is 4.81. The van der Waals surface area contributed by atoms with E-state index in [2.05, 4.69) is 67.7 Å². The first-order valence-electron chi connectivity index (χ1n) is 7.37. The number of fused-ring (bicyclic) bond motifs is 1. The zero-order chi connectivity index (χ0) is 14.7. The Bertz CT molecular complexity index is 670. The molecule has 0 fully saturated rings. The van der Waals surface area contributed by atoms with Gasteiger partial charge in [0.25, 0.3) is 0 Å². The number of nitrogens with one attached hydrogen (secondary N) is 1. The van der Waals surface area contributed by atoms with Gasteiger partial charge in [-0.25, -0.2) is 4.98 Å². The highest BCUT2D eigenvalue weighted by molar-refractivity contribution is 7.18. The van der Waals surface area contributed by atoms with Crippen LogP contribution in [0.1, 0.15) is 30.5 Å². The summed E-state index contributed by atoms with van der Waals surface area (Å²) in [7, 11) is 0. The highest BCUT2D eigenvalue weighted by Crippen LogP contribution is 2.24. The molecule has 21 heavy (non-hydrogen) atoms. The van der Waals surface area contributed by atoms with Crippen molar-refractivity contribution >= 4 is 21.6 Å². The lowest BCUT2D eigenvalue weighted by Crippen LogP contribution is -2.25. The maximum absolute atomic E-state index is 4.69. The van der Waals surface area contributed by atoms with Crippen molar-refractivity contribution in [2.75, 3.05) is 0 Å². The molecule has 0 bridgehead atoms. The number of hydrogen-bond acceptors (Lipinski definition) is 3. The molecule has 0 aliphatic rings. The molecule has 1 N–H and O–H groups in total. The zero-order valence-electron chi connectivity index (χ0n) is 12.4. The molecule has 1 aromatic heterocycles.